The lowest BCUT2D eigenvalue weighted by Gasteiger charge is -2.06. The molecule has 0 saturated heterocycles. The maximum Gasteiger partial charge on any atom is 0.316 e. The van der Waals surface area contributed by atoms with Gasteiger partial charge in [0.1, 0.15) is 0 Å². The van der Waals surface area contributed by atoms with Crippen LogP contribution in [0.2, 0.25) is 0 Å². The van der Waals surface area contributed by atoms with Crippen LogP contribution in [-0.2, 0) is 6.54 Å². The molecule has 5 N–H and O–H groups in total. The van der Waals surface area contributed by atoms with E-state index >= 15 is 0 Å². The molecule has 0 heterocycles. The first kappa shape index (κ1) is 11.8. The van der Waals surface area contributed by atoms with E-state index in [9.17, 15) is 9.59 Å². The molecule has 0 aliphatic rings. The molecule has 0 bridgehead atoms. The molecule has 1 rings (SSSR count). The Balaban J connectivity index is 2.60. The molecule has 0 aliphatic carbocycles. The fraction of sp³-hybridized carbons (Fsp3) is 0.200. The van der Waals surface area contributed by atoms with Crippen molar-refractivity contribution in [2.45, 2.75) is 6.54 Å². The molecule has 1 aromatic carbocycles. The minimum atomic E-state index is -0.614. The molecule has 6 nitrogen and oxygen atoms in total. The molecule has 0 aliphatic heterocycles. The molecule has 0 saturated carbocycles. The van der Waals surface area contributed by atoms with Crippen molar-refractivity contribution >= 4 is 17.7 Å². The molecule has 16 heavy (non-hydrogen) atoms. The molecule has 0 spiro atoms. The van der Waals surface area contributed by atoms with Crippen LogP contribution in [0.15, 0.2) is 24.3 Å². The summed E-state index contributed by atoms with van der Waals surface area (Å²) in [6, 6.07) is 6.19. The molecular weight excluding hydrogens is 208 g/mol. The number of hydrogen-bond donors (Lipinski definition) is 4. The monoisotopic (exact) mass is 222 g/mol. The number of carbonyl (C=O) groups excluding carboxylic acids is 2. The molecule has 0 atom stereocenters. The first-order valence-electron chi connectivity index (χ1n) is 4.73. The van der Waals surface area contributed by atoms with E-state index in [0.717, 1.165) is 5.56 Å². The molecule has 0 radical (unpaired) electrons. The molecule has 0 aromatic heterocycles. The van der Waals surface area contributed by atoms with Gasteiger partial charge < -0.3 is 21.7 Å². The number of carbonyl (C=O) groups is 2. The lowest BCUT2D eigenvalue weighted by molar-refractivity contribution is 0.242. The number of nitrogens with one attached hydrogen (secondary N) is 3. The van der Waals surface area contributed by atoms with E-state index < -0.39 is 6.03 Å². The minimum absolute atomic E-state index is 0.256. The van der Waals surface area contributed by atoms with Gasteiger partial charge in [-0.25, -0.2) is 9.59 Å². The van der Waals surface area contributed by atoms with Gasteiger partial charge in [0.15, 0.2) is 0 Å². The Hall–Kier alpha value is -2.24. The van der Waals surface area contributed by atoms with E-state index in [1.165, 1.54) is 0 Å². The normalized spacial score (nSPS) is 9.31. The summed E-state index contributed by atoms with van der Waals surface area (Å²) in [4.78, 5) is 21.6. The molecule has 86 valence electrons. The summed E-state index contributed by atoms with van der Waals surface area (Å²) in [6.45, 7) is 0.383. The maximum atomic E-state index is 10.9. The van der Waals surface area contributed by atoms with Crippen LogP contribution in [0.25, 0.3) is 0 Å². The second-order valence-electron chi connectivity index (χ2n) is 3.12. The van der Waals surface area contributed by atoms with Crippen LogP contribution in [0.4, 0.5) is 15.3 Å². The van der Waals surface area contributed by atoms with Crippen molar-refractivity contribution in [1.29, 1.82) is 0 Å². The number of benzene rings is 1. The van der Waals surface area contributed by atoms with Crippen molar-refractivity contribution in [2.75, 3.05) is 12.4 Å². The molecule has 1 aromatic rings. The fourth-order valence-electron chi connectivity index (χ4n) is 1.17. The predicted molar refractivity (Wildman–Crippen MR) is 60.9 cm³/mol. The molecule has 4 amide bonds. The third kappa shape index (κ3) is 3.87. The number of hydrogen-bond acceptors (Lipinski definition) is 2. The summed E-state index contributed by atoms with van der Waals surface area (Å²) in [5.74, 6) is 0. The van der Waals surface area contributed by atoms with E-state index in [1.54, 1.807) is 25.2 Å². The summed E-state index contributed by atoms with van der Waals surface area (Å²) in [5.41, 5.74) is 6.46. The van der Waals surface area contributed by atoms with Gasteiger partial charge in [-0.15, -0.1) is 0 Å². The summed E-state index contributed by atoms with van der Waals surface area (Å²) < 4.78 is 0. The number of nitrogens with two attached hydrogens (primary N) is 1. The van der Waals surface area contributed by atoms with E-state index in [4.69, 9.17) is 5.73 Å². The highest BCUT2D eigenvalue weighted by Crippen LogP contribution is 2.09. The first-order chi connectivity index (χ1) is 7.61. The zero-order valence-electron chi connectivity index (χ0n) is 8.91. The number of amides is 4. The van der Waals surface area contributed by atoms with Gasteiger partial charge in [-0.2, -0.15) is 0 Å². The van der Waals surface area contributed by atoms with Gasteiger partial charge in [-0.05, 0) is 17.7 Å². The second-order valence-corrected chi connectivity index (χ2v) is 3.12. The van der Waals surface area contributed by atoms with Gasteiger partial charge in [0, 0.05) is 19.3 Å². The van der Waals surface area contributed by atoms with Crippen molar-refractivity contribution in [1.82, 2.24) is 10.6 Å². The largest absolute Gasteiger partial charge is 0.351 e. The Morgan fingerprint density at radius 3 is 2.75 bits per heavy atom. The topological polar surface area (TPSA) is 96.2 Å². The SMILES string of the molecule is CNC(=O)NCc1cccc(NC(N)=O)c1. The van der Waals surface area contributed by atoms with Crippen LogP contribution in [0.1, 0.15) is 5.56 Å². The van der Waals surface area contributed by atoms with Gasteiger partial charge in [-0.3, -0.25) is 0 Å². The van der Waals surface area contributed by atoms with Crippen LogP contribution < -0.4 is 21.7 Å². The van der Waals surface area contributed by atoms with Crippen molar-refractivity contribution in [3.63, 3.8) is 0 Å². The van der Waals surface area contributed by atoms with E-state index in [1.807, 2.05) is 6.07 Å². The average Bonchev–Trinajstić information content (AvgIpc) is 2.25. The Bertz CT molecular complexity index is 392. The van der Waals surface area contributed by atoms with Crippen LogP contribution in [0, 0.1) is 0 Å². The highest BCUT2D eigenvalue weighted by Gasteiger charge is 2.00. The number of primary amides is 1. The second kappa shape index (κ2) is 5.59. The maximum absolute atomic E-state index is 10.9. The quantitative estimate of drug-likeness (QED) is 0.602. The van der Waals surface area contributed by atoms with Crippen LogP contribution in [-0.4, -0.2) is 19.1 Å². The van der Waals surface area contributed by atoms with Crippen molar-refractivity contribution in [3.05, 3.63) is 29.8 Å². The third-order valence-corrected chi connectivity index (χ3v) is 1.87. The van der Waals surface area contributed by atoms with Gasteiger partial charge in [0.05, 0.1) is 0 Å². The van der Waals surface area contributed by atoms with Crippen LogP contribution in [0.3, 0.4) is 0 Å². The van der Waals surface area contributed by atoms with E-state index in [2.05, 4.69) is 16.0 Å². The smallest absolute Gasteiger partial charge is 0.316 e. The average molecular weight is 222 g/mol. The molecular formula is C10H14N4O2. The molecule has 0 fully saturated rings. The molecule has 0 unspecified atom stereocenters. The third-order valence-electron chi connectivity index (χ3n) is 1.87. The Morgan fingerprint density at radius 1 is 1.38 bits per heavy atom. The minimum Gasteiger partial charge on any atom is -0.351 e. The van der Waals surface area contributed by atoms with Crippen molar-refractivity contribution in [2.24, 2.45) is 5.73 Å². The van der Waals surface area contributed by atoms with Crippen LogP contribution >= 0.6 is 0 Å². The number of urea groups is 2. The zero-order valence-corrected chi connectivity index (χ0v) is 8.91. The van der Waals surface area contributed by atoms with Crippen LogP contribution in [0.5, 0.6) is 0 Å². The zero-order chi connectivity index (χ0) is 12.0. The summed E-state index contributed by atoms with van der Waals surface area (Å²) in [6.07, 6.45) is 0. The molecule has 6 heteroatoms. The highest BCUT2D eigenvalue weighted by molar-refractivity contribution is 5.87. The highest BCUT2D eigenvalue weighted by atomic mass is 16.2. The Labute approximate surface area is 93.2 Å². The Morgan fingerprint density at radius 2 is 2.12 bits per heavy atom. The van der Waals surface area contributed by atoms with Gasteiger partial charge in [0.2, 0.25) is 0 Å². The fourth-order valence-corrected chi connectivity index (χ4v) is 1.17. The van der Waals surface area contributed by atoms with Crippen molar-refractivity contribution < 1.29 is 9.59 Å². The van der Waals surface area contributed by atoms with Gasteiger partial charge in [0.25, 0.3) is 0 Å². The number of rotatable bonds is 3. The lowest BCUT2D eigenvalue weighted by atomic mass is 10.2. The van der Waals surface area contributed by atoms with Gasteiger partial charge in [-0.1, -0.05) is 12.1 Å². The number of anilines is 1. The lowest BCUT2D eigenvalue weighted by Crippen LogP contribution is -2.32. The standard InChI is InChI=1S/C10H14N4O2/c1-12-10(16)13-6-7-3-2-4-8(5-7)14-9(11)15/h2-5H,6H2,1H3,(H3,11,14,15)(H2,12,13,16). The van der Waals surface area contributed by atoms with E-state index in [0.29, 0.717) is 12.2 Å². The summed E-state index contributed by atoms with van der Waals surface area (Å²) in [7, 11) is 1.54. The Kier molecular flexibility index (Phi) is 4.14. The predicted octanol–water partition coefficient (Wildman–Crippen LogP) is 0.606. The first-order valence-corrected chi connectivity index (χ1v) is 4.73. The summed E-state index contributed by atoms with van der Waals surface area (Å²) in [5, 5.41) is 7.53. The van der Waals surface area contributed by atoms with E-state index in [-0.39, 0.29) is 6.03 Å². The van der Waals surface area contributed by atoms with Crippen molar-refractivity contribution in [3.8, 4) is 0 Å². The van der Waals surface area contributed by atoms with Gasteiger partial charge >= 0.3 is 12.1 Å². The summed E-state index contributed by atoms with van der Waals surface area (Å²) >= 11 is 0.